The molecule has 6 rings (SSSR count). The Morgan fingerprint density at radius 1 is 0.927 bits per heavy atom. The fourth-order valence-electron chi connectivity index (χ4n) is 4.59. The van der Waals surface area contributed by atoms with Gasteiger partial charge in [-0.3, -0.25) is 9.59 Å². The van der Waals surface area contributed by atoms with E-state index in [1.54, 1.807) is 53.6 Å². The number of nitriles is 1. The van der Waals surface area contributed by atoms with Crippen LogP contribution >= 0.6 is 0 Å². The molecule has 5 aromatic rings. The fraction of sp³-hybridized carbons (Fsp3) is 0.129. The van der Waals surface area contributed by atoms with Crippen LogP contribution in [0, 0.1) is 11.3 Å². The zero-order chi connectivity index (χ0) is 28.2. The Kier molecular flexibility index (Phi) is 7.09. The topological polar surface area (TPSA) is 125 Å². The van der Waals surface area contributed by atoms with Crippen LogP contribution in [0.4, 0.5) is 17.2 Å². The molecule has 10 heteroatoms. The number of hydrogen-bond acceptors (Lipinski definition) is 7. The van der Waals surface area contributed by atoms with E-state index in [4.69, 9.17) is 15.0 Å². The Morgan fingerprint density at radius 3 is 2.44 bits per heavy atom. The summed E-state index contributed by atoms with van der Waals surface area (Å²) in [5.74, 6) is 0.260. The van der Waals surface area contributed by atoms with Crippen molar-refractivity contribution in [1.82, 2.24) is 19.3 Å². The van der Waals surface area contributed by atoms with E-state index in [1.807, 2.05) is 53.2 Å². The molecule has 0 saturated carbocycles. The molecular formula is C31H25N7O3. The highest BCUT2D eigenvalue weighted by Gasteiger charge is 2.18. The number of ether oxygens (including phenoxy) is 1. The third-order valence-electron chi connectivity index (χ3n) is 6.76. The first-order chi connectivity index (χ1) is 20.1. The lowest BCUT2D eigenvalue weighted by molar-refractivity contribution is 0.0303. The molecule has 10 nitrogen and oxygen atoms in total. The summed E-state index contributed by atoms with van der Waals surface area (Å²) in [6, 6.07) is 23.2. The van der Waals surface area contributed by atoms with Gasteiger partial charge in [-0.15, -0.1) is 0 Å². The SMILES string of the molecule is N#Cc1ccc(C(=O)Nc2cccc(-c3cn4ccnc4c(Nc4ccc(C(=O)N5CCOCC5)cc4)n3)c2)cc1. The van der Waals surface area contributed by atoms with E-state index >= 15 is 0 Å². The van der Waals surface area contributed by atoms with E-state index in [0.717, 1.165) is 11.3 Å². The number of imidazole rings is 1. The molecule has 3 heterocycles. The maximum Gasteiger partial charge on any atom is 0.255 e. The van der Waals surface area contributed by atoms with Gasteiger partial charge in [0.2, 0.25) is 0 Å². The van der Waals surface area contributed by atoms with Gasteiger partial charge in [-0.25, -0.2) is 9.97 Å². The number of carbonyl (C=O) groups is 2. The van der Waals surface area contributed by atoms with Crippen molar-refractivity contribution < 1.29 is 14.3 Å². The Balaban J connectivity index is 1.23. The highest BCUT2D eigenvalue weighted by molar-refractivity contribution is 6.04. The van der Waals surface area contributed by atoms with Gasteiger partial charge in [-0.1, -0.05) is 12.1 Å². The number of amides is 2. The number of fused-ring (bicyclic) bond motifs is 1. The van der Waals surface area contributed by atoms with Crippen molar-refractivity contribution in [1.29, 1.82) is 5.26 Å². The Hall–Kier alpha value is -5.53. The summed E-state index contributed by atoms with van der Waals surface area (Å²) in [6.45, 7) is 2.29. The molecule has 1 aliphatic heterocycles. The van der Waals surface area contributed by atoms with Gasteiger partial charge in [0.05, 0.1) is 30.5 Å². The molecule has 41 heavy (non-hydrogen) atoms. The standard InChI is InChI=1S/C31H25N7O3/c32-19-21-4-6-22(7-5-21)30(39)35-26-3-1-2-24(18-26)27-20-38-13-12-33-29(38)28(36-27)34-25-10-8-23(9-11-25)31(40)37-14-16-41-17-15-37/h1-13,18,20H,14-17H2,(H,34,36)(H,35,39). The van der Waals surface area contributed by atoms with Crippen molar-refractivity contribution in [3.05, 3.63) is 108 Å². The molecule has 202 valence electrons. The minimum absolute atomic E-state index is 0.0122. The first-order valence-corrected chi connectivity index (χ1v) is 13.1. The summed E-state index contributed by atoms with van der Waals surface area (Å²) in [5, 5.41) is 15.2. The first-order valence-electron chi connectivity index (χ1n) is 13.1. The van der Waals surface area contributed by atoms with Crippen molar-refractivity contribution >= 4 is 34.7 Å². The predicted molar refractivity (Wildman–Crippen MR) is 154 cm³/mol. The summed E-state index contributed by atoms with van der Waals surface area (Å²) in [4.78, 5) is 36.6. The van der Waals surface area contributed by atoms with Crippen LogP contribution in [-0.4, -0.2) is 57.4 Å². The quantitative estimate of drug-likeness (QED) is 0.317. The van der Waals surface area contributed by atoms with Crippen LogP contribution in [0.25, 0.3) is 16.9 Å². The molecule has 2 aromatic heterocycles. The van der Waals surface area contributed by atoms with Crippen LogP contribution in [0.5, 0.6) is 0 Å². The average Bonchev–Trinajstić information content (AvgIpc) is 3.51. The van der Waals surface area contributed by atoms with E-state index in [-0.39, 0.29) is 11.8 Å². The molecule has 0 unspecified atom stereocenters. The molecular weight excluding hydrogens is 518 g/mol. The second-order valence-electron chi connectivity index (χ2n) is 9.46. The van der Waals surface area contributed by atoms with E-state index in [9.17, 15) is 9.59 Å². The number of nitrogens with zero attached hydrogens (tertiary/aromatic N) is 5. The van der Waals surface area contributed by atoms with Crippen molar-refractivity contribution in [2.24, 2.45) is 0 Å². The number of nitrogens with one attached hydrogen (secondary N) is 2. The van der Waals surface area contributed by atoms with Crippen LogP contribution < -0.4 is 10.6 Å². The van der Waals surface area contributed by atoms with Crippen molar-refractivity contribution in [3.63, 3.8) is 0 Å². The van der Waals surface area contributed by atoms with E-state index in [1.165, 1.54) is 0 Å². The second kappa shape index (κ2) is 11.3. The van der Waals surface area contributed by atoms with Crippen molar-refractivity contribution in [2.75, 3.05) is 36.9 Å². The molecule has 0 atom stereocenters. The molecule has 0 aliphatic carbocycles. The van der Waals surface area contributed by atoms with Gasteiger partial charge in [0.15, 0.2) is 11.5 Å². The third-order valence-corrected chi connectivity index (χ3v) is 6.76. The van der Waals surface area contributed by atoms with Gasteiger partial charge >= 0.3 is 0 Å². The number of morpholine rings is 1. The van der Waals surface area contributed by atoms with Crippen molar-refractivity contribution in [3.8, 4) is 17.3 Å². The van der Waals surface area contributed by atoms with Crippen LogP contribution in [0.3, 0.4) is 0 Å². The number of rotatable bonds is 6. The normalized spacial score (nSPS) is 13.0. The Bertz CT molecular complexity index is 1770. The zero-order valence-electron chi connectivity index (χ0n) is 21.9. The number of anilines is 3. The highest BCUT2D eigenvalue weighted by atomic mass is 16.5. The average molecular weight is 544 g/mol. The fourth-order valence-corrected chi connectivity index (χ4v) is 4.59. The van der Waals surface area contributed by atoms with Crippen LogP contribution in [0.2, 0.25) is 0 Å². The number of carbonyl (C=O) groups excluding carboxylic acids is 2. The lowest BCUT2D eigenvalue weighted by Crippen LogP contribution is -2.40. The monoisotopic (exact) mass is 543 g/mol. The smallest absolute Gasteiger partial charge is 0.255 e. The molecule has 1 saturated heterocycles. The predicted octanol–water partition coefficient (Wildman–Crippen LogP) is 4.74. The molecule has 3 aromatic carbocycles. The van der Waals surface area contributed by atoms with Gasteiger partial charge in [0, 0.05) is 59.7 Å². The molecule has 0 radical (unpaired) electrons. The van der Waals surface area contributed by atoms with Crippen LogP contribution in [-0.2, 0) is 4.74 Å². The van der Waals surface area contributed by atoms with Crippen molar-refractivity contribution in [2.45, 2.75) is 0 Å². The maximum atomic E-state index is 12.8. The number of aromatic nitrogens is 3. The Labute approximate surface area is 235 Å². The summed E-state index contributed by atoms with van der Waals surface area (Å²) in [6.07, 6.45) is 5.41. The Morgan fingerprint density at radius 2 is 1.68 bits per heavy atom. The van der Waals surface area contributed by atoms with E-state index in [2.05, 4.69) is 15.6 Å². The second-order valence-corrected chi connectivity index (χ2v) is 9.46. The molecule has 0 bridgehead atoms. The molecule has 2 N–H and O–H groups in total. The number of benzene rings is 3. The summed E-state index contributed by atoms with van der Waals surface area (Å²) in [7, 11) is 0. The van der Waals surface area contributed by atoms with Crippen LogP contribution in [0.15, 0.2) is 91.4 Å². The maximum absolute atomic E-state index is 12.8. The van der Waals surface area contributed by atoms with Crippen LogP contribution in [0.1, 0.15) is 26.3 Å². The van der Waals surface area contributed by atoms with Gasteiger partial charge in [-0.2, -0.15) is 5.26 Å². The van der Waals surface area contributed by atoms with Gasteiger partial charge in [-0.05, 0) is 60.7 Å². The minimum Gasteiger partial charge on any atom is -0.378 e. The number of hydrogen-bond donors (Lipinski definition) is 2. The van der Waals surface area contributed by atoms with E-state index in [0.29, 0.717) is 65.8 Å². The van der Waals surface area contributed by atoms with E-state index < -0.39 is 0 Å². The summed E-state index contributed by atoms with van der Waals surface area (Å²) < 4.78 is 7.22. The molecule has 2 amide bonds. The van der Waals surface area contributed by atoms with Gasteiger partial charge in [0.25, 0.3) is 11.8 Å². The molecule has 0 spiro atoms. The molecule has 1 fully saturated rings. The van der Waals surface area contributed by atoms with Gasteiger partial charge < -0.3 is 24.7 Å². The summed E-state index contributed by atoms with van der Waals surface area (Å²) in [5.41, 5.74) is 5.06. The summed E-state index contributed by atoms with van der Waals surface area (Å²) >= 11 is 0. The van der Waals surface area contributed by atoms with Gasteiger partial charge in [0.1, 0.15) is 0 Å². The zero-order valence-corrected chi connectivity index (χ0v) is 21.9. The molecule has 1 aliphatic rings. The minimum atomic E-state index is -0.275. The first kappa shape index (κ1) is 25.7. The lowest BCUT2D eigenvalue weighted by Gasteiger charge is -2.26. The highest BCUT2D eigenvalue weighted by Crippen LogP contribution is 2.27. The largest absolute Gasteiger partial charge is 0.378 e. The lowest BCUT2D eigenvalue weighted by atomic mass is 10.1. The third kappa shape index (κ3) is 5.61.